The molecule has 2 heterocycles. The van der Waals surface area contributed by atoms with Gasteiger partial charge in [0, 0.05) is 13.2 Å². The molecule has 0 amide bonds. The van der Waals surface area contributed by atoms with Crippen LogP contribution in [0.5, 0.6) is 0 Å². The summed E-state index contributed by atoms with van der Waals surface area (Å²) in [5.41, 5.74) is 1.05. The third-order valence-electron chi connectivity index (χ3n) is 2.06. The summed E-state index contributed by atoms with van der Waals surface area (Å²) in [7, 11) is 1.81. The molecule has 0 aliphatic heterocycles. The molecule has 0 saturated carbocycles. The van der Waals surface area contributed by atoms with Crippen molar-refractivity contribution in [2.75, 3.05) is 12.4 Å². The average Bonchev–Trinajstić information content (AvgIpc) is 2.77. The van der Waals surface area contributed by atoms with Gasteiger partial charge in [0.2, 0.25) is 0 Å². The number of hydrogen-bond donors (Lipinski definition) is 1. The molecule has 2 aromatic heterocycles. The zero-order valence-corrected chi connectivity index (χ0v) is 8.75. The summed E-state index contributed by atoms with van der Waals surface area (Å²) < 4.78 is 1.62. The summed E-state index contributed by atoms with van der Waals surface area (Å²) in [6, 6.07) is 5.71. The van der Waals surface area contributed by atoms with Crippen molar-refractivity contribution in [3.63, 3.8) is 0 Å². The fourth-order valence-corrected chi connectivity index (χ4v) is 1.32. The predicted octanol–water partition coefficient (Wildman–Crippen LogP) is 0.635. The summed E-state index contributed by atoms with van der Waals surface area (Å²) >= 11 is 0. The van der Waals surface area contributed by atoms with Gasteiger partial charge in [-0.15, -0.1) is 5.10 Å². The molecule has 6 heteroatoms. The number of pyridine rings is 1. The maximum Gasteiger partial charge on any atom is 0.252 e. The van der Waals surface area contributed by atoms with Gasteiger partial charge in [-0.2, -0.15) is 5.26 Å². The normalized spacial score (nSPS) is 9.75. The Labute approximate surface area is 92.6 Å². The van der Waals surface area contributed by atoms with Crippen molar-refractivity contribution in [1.29, 1.82) is 5.26 Å². The van der Waals surface area contributed by atoms with Gasteiger partial charge in [0.1, 0.15) is 18.2 Å². The van der Waals surface area contributed by atoms with Crippen LogP contribution in [0.2, 0.25) is 0 Å². The van der Waals surface area contributed by atoms with E-state index in [4.69, 9.17) is 5.26 Å². The maximum absolute atomic E-state index is 8.59. The molecule has 16 heavy (non-hydrogen) atoms. The van der Waals surface area contributed by atoms with Gasteiger partial charge < -0.3 is 5.32 Å². The van der Waals surface area contributed by atoms with E-state index in [-0.39, 0.29) is 5.82 Å². The summed E-state index contributed by atoms with van der Waals surface area (Å²) in [6.07, 6.45) is 3.27. The van der Waals surface area contributed by atoms with Crippen molar-refractivity contribution in [3.8, 4) is 6.07 Å². The van der Waals surface area contributed by atoms with E-state index in [0.29, 0.717) is 6.54 Å². The minimum absolute atomic E-state index is 0.183. The number of rotatable bonds is 3. The highest BCUT2D eigenvalue weighted by atomic mass is 15.3. The van der Waals surface area contributed by atoms with Crippen LogP contribution in [0.15, 0.2) is 24.7 Å². The number of aromatic nitrogens is 4. The van der Waals surface area contributed by atoms with E-state index >= 15 is 0 Å². The van der Waals surface area contributed by atoms with Gasteiger partial charge in [0.05, 0.1) is 6.54 Å². The Morgan fingerprint density at radius 3 is 3.06 bits per heavy atom. The van der Waals surface area contributed by atoms with E-state index in [1.54, 1.807) is 10.9 Å². The van der Waals surface area contributed by atoms with Gasteiger partial charge in [-0.1, -0.05) is 0 Å². The van der Waals surface area contributed by atoms with Crippen molar-refractivity contribution in [1.82, 2.24) is 19.7 Å². The number of hydrogen-bond acceptors (Lipinski definition) is 5. The maximum atomic E-state index is 8.59. The lowest BCUT2D eigenvalue weighted by atomic mass is 10.2. The van der Waals surface area contributed by atoms with Crippen LogP contribution in [0.3, 0.4) is 0 Å². The zero-order chi connectivity index (χ0) is 11.4. The van der Waals surface area contributed by atoms with Crippen LogP contribution >= 0.6 is 0 Å². The molecule has 1 N–H and O–H groups in total. The lowest BCUT2D eigenvalue weighted by Crippen LogP contribution is -2.02. The standard InChI is InChI=1S/C10H10N6/c1-12-9-4-8(2-3-13-9)6-16-7-14-10(5-11)15-16/h2-4,7H,6H2,1H3,(H,12,13). The van der Waals surface area contributed by atoms with Crippen molar-refractivity contribution in [3.05, 3.63) is 36.0 Å². The molecular weight excluding hydrogens is 204 g/mol. The minimum Gasteiger partial charge on any atom is -0.373 e. The Hall–Kier alpha value is -2.42. The first-order valence-corrected chi connectivity index (χ1v) is 4.74. The van der Waals surface area contributed by atoms with Crippen LogP contribution in [0.25, 0.3) is 0 Å². The van der Waals surface area contributed by atoms with Gasteiger partial charge >= 0.3 is 0 Å². The molecule has 0 saturated heterocycles. The number of anilines is 1. The molecule has 2 rings (SSSR count). The minimum atomic E-state index is 0.183. The zero-order valence-electron chi connectivity index (χ0n) is 8.75. The second kappa shape index (κ2) is 4.40. The quantitative estimate of drug-likeness (QED) is 0.810. The van der Waals surface area contributed by atoms with Crippen molar-refractivity contribution < 1.29 is 0 Å². The molecule has 80 valence electrons. The van der Waals surface area contributed by atoms with Crippen molar-refractivity contribution in [2.24, 2.45) is 0 Å². The summed E-state index contributed by atoms with van der Waals surface area (Å²) in [5, 5.41) is 15.5. The molecule has 0 aliphatic rings. The van der Waals surface area contributed by atoms with E-state index in [0.717, 1.165) is 11.4 Å². The van der Waals surface area contributed by atoms with Gasteiger partial charge in [-0.3, -0.25) is 0 Å². The fraction of sp³-hybridized carbons (Fsp3) is 0.200. The monoisotopic (exact) mass is 214 g/mol. The van der Waals surface area contributed by atoms with Crippen LogP contribution < -0.4 is 5.32 Å². The van der Waals surface area contributed by atoms with Crippen molar-refractivity contribution in [2.45, 2.75) is 6.54 Å². The summed E-state index contributed by atoms with van der Waals surface area (Å²) in [6.45, 7) is 0.575. The van der Waals surface area contributed by atoms with Crippen LogP contribution in [0.4, 0.5) is 5.82 Å². The first-order chi connectivity index (χ1) is 7.81. The number of nitrogens with zero attached hydrogens (tertiary/aromatic N) is 5. The van der Waals surface area contributed by atoms with Gasteiger partial charge in [0.25, 0.3) is 5.82 Å². The van der Waals surface area contributed by atoms with E-state index in [9.17, 15) is 0 Å². The smallest absolute Gasteiger partial charge is 0.252 e. The molecule has 0 aliphatic carbocycles. The third-order valence-corrected chi connectivity index (χ3v) is 2.06. The first-order valence-electron chi connectivity index (χ1n) is 4.74. The lowest BCUT2D eigenvalue weighted by Gasteiger charge is -2.03. The Kier molecular flexibility index (Phi) is 2.78. The van der Waals surface area contributed by atoms with Crippen molar-refractivity contribution >= 4 is 5.82 Å². The molecule has 0 spiro atoms. The topological polar surface area (TPSA) is 79.4 Å². The SMILES string of the molecule is CNc1cc(Cn2cnc(C#N)n2)ccn1. The van der Waals surface area contributed by atoms with Crippen LogP contribution in [-0.2, 0) is 6.54 Å². The highest BCUT2D eigenvalue weighted by molar-refractivity contribution is 5.36. The first kappa shape index (κ1) is 10.1. The molecule has 0 radical (unpaired) electrons. The van der Waals surface area contributed by atoms with E-state index in [1.807, 2.05) is 25.2 Å². The molecule has 2 aromatic rings. The largest absolute Gasteiger partial charge is 0.373 e. The van der Waals surface area contributed by atoms with E-state index in [1.165, 1.54) is 6.33 Å². The van der Waals surface area contributed by atoms with Gasteiger partial charge in [-0.05, 0) is 17.7 Å². The summed E-state index contributed by atoms with van der Waals surface area (Å²) in [5.74, 6) is 0.987. The summed E-state index contributed by atoms with van der Waals surface area (Å²) in [4.78, 5) is 7.95. The van der Waals surface area contributed by atoms with E-state index < -0.39 is 0 Å². The number of nitriles is 1. The average molecular weight is 214 g/mol. The molecule has 0 fully saturated rings. The Balaban J connectivity index is 2.17. The third kappa shape index (κ3) is 2.15. The van der Waals surface area contributed by atoms with Gasteiger partial charge in [-0.25, -0.2) is 14.6 Å². The molecule has 0 unspecified atom stereocenters. The molecule has 0 atom stereocenters. The Morgan fingerprint density at radius 1 is 1.50 bits per heavy atom. The molecular formula is C10H10N6. The Bertz CT molecular complexity index is 524. The van der Waals surface area contributed by atoms with Crippen LogP contribution in [0, 0.1) is 11.3 Å². The predicted molar refractivity (Wildman–Crippen MR) is 57.6 cm³/mol. The Morgan fingerprint density at radius 2 is 2.38 bits per heavy atom. The lowest BCUT2D eigenvalue weighted by molar-refractivity contribution is 0.682. The van der Waals surface area contributed by atoms with Crippen LogP contribution in [-0.4, -0.2) is 26.8 Å². The second-order valence-electron chi connectivity index (χ2n) is 3.18. The number of nitrogens with one attached hydrogen (secondary N) is 1. The van der Waals surface area contributed by atoms with Gasteiger partial charge in [0.15, 0.2) is 0 Å². The molecule has 0 bridgehead atoms. The highest BCUT2D eigenvalue weighted by Crippen LogP contribution is 2.07. The van der Waals surface area contributed by atoms with E-state index in [2.05, 4.69) is 20.4 Å². The fourth-order valence-electron chi connectivity index (χ4n) is 1.32. The highest BCUT2D eigenvalue weighted by Gasteiger charge is 2.01. The molecule has 0 aromatic carbocycles. The van der Waals surface area contributed by atoms with Crippen LogP contribution in [0.1, 0.15) is 11.4 Å². The molecule has 6 nitrogen and oxygen atoms in total. The second-order valence-corrected chi connectivity index (χ2v) is 3.18.